The molecule has 0 amide bonds. The van der Waals surface area contributed by atoms with Crippen molar-refractivity contribution in [2.45, 2.75) is 31.0 Å². The van der Waals surface area contributed by atoms with Gasteiger partial charge in [0, 0.05) is 11.9 Å². The van der Waals surface area contributed by atoms with E-state index in [0.29, 0.717) is 6.54 Å². The van der Waals surface area contributed by atoms with E-state index in [1.54, 1.807) is 11.8 Å². The van der Waals surface area contributed by atoms with Gasteiger partial charge in [0.1, 0.15) is 0 Å². The fourth-order valence-corrected chi connectivity index (χ4v) is 2.89. The summed E-state index contributed by atoms with van der Waals surface area (Å²) in [5, 5.41) is 1.07. The molecule has 0 bridgehead atoms. The van der Waals surface area contributed by atoms with Crippen LogP contribution in [-0.4, -0.2) is 11.5 Å². The van der Waals surface area contributed by atoms with Gasteiger partial charge in [0.2, 0.25) is 0 Å². The van der Waals surface area contributed by atoms with E-state index in [4.69, 9.17) is 5.73 Å². The van der Waals surface area contributed by atoms with E-state index in [1.165, 1.54) is 22.3 Å². The Balaban J connectivity index is 1.98. The van der Waals surface area contributed by atoms with Gasteiger partial charge < -0.3 is 5.73 Å². The van der Waals surface area contributed by atoms with Gasteiger partial charge in [0.25, 0.3) is 0 Å². The molecule has 19 heavy (non-hydrogen) atoms. The summed E-state index contributed by atoms with van der Waals surface area (Å²) in [7, 11) is 0. The van der Waals surface area contributed by atoms with Crippen molar-refractivity contribution in [3.63, 3.8) is 0 Å². The molecule has 0 spiro atoms. The number of nitrogens with zero attached hydrogens (tertiary/aromatic N) is 1. The summed E-state index contributed by atoms with van der Waals surface area (Å²) in [6, 6.07) is 10.9. The van der Waals surface area contributed by atoms with Crippen LogP contribution in [0.15, 0.2) is 41.6 Å². The highest BCUT2D eigenvalue weighted by Gasteiger charge is 2.00. The zero-order chi connectivity index (χ0) is 13.7. The number of hydrogen-bond acceptors (Lipinski definition) is 3. The molecule has 0 unspecified atom stereocenters. The minimum absolute atomic E-state index is 0.677. The number of nitrogens with two attached hydrogens (primary N) is 1. The minimum Gasteiger partial charge on any atom is -0.330 e. The third-order valence-corrected chi connectivity index (χ3v) is 3.91. The fraction of sp³-hybridized carbons (Fsp3) is 0.312. The smallest absolute Gasteiger partial charge is 0.0963 e. The lowest BCUT2D eigenvalue weighted by Crippen LogP contribution is -2.02. The van der Waals surface area contributed by atoms with Crippen LogP contribution in [0.25, 0.3) is 0 Å². The van der Waals surface area contributed by atoms with Gasteiger partial charge >= 0.3 is 0 Å². The number of aryl methyl sites for hydroxylation is 2. The molecule has 0 aliphatic carbocycles. The first-order chi connectivity index (χ1) is 9.17. The van der Waals surface area contributed by atoms with E-state index in [-0.39, 0.29) is 0 Å². The molecule has 0 saturated heterocycles. The molecular weight excluding hydrogens is 252 g/mol. The van der Waals surface area contributed by atoms with Crippen molar-refractivity contribution in [1.29, 1.82) is 0 Å². The first kappa shape index (κ1) is 14.1. The molecule has 0 radical (unpaired) electrons. The van der Waals surface area contributed by atoms with Gasteiger partial charge in [0.05, 0.1) is 5.03 Å². The van der Waals surface area contributed by atoms with E-state index in [2.05, 4.69) is 49.2 Å². The fourth-order valence-electron chi connectivity index (χ4n) is 2.12. The van der Waals surface area contributed by atoms with Gasteiger partial charge in [-0.3, -0.25) is 0 Å². The molecule has 1 heterocycles. The van der Waals surface area contributed by atoms with Crippen molar-refractivity contribution in [2.24, 2.45) is 5.73 Å². The molecule has 0 fully saturated rings. The number of rotatable bonds is 5. The van der Waals surface area contributed by atoms with Gasteiger partial charge in [-0.05, 0) is 44.0 Å². The van der Waals surface area contributed by atoms with Crippen LogP contribution < -0.4 is 5.73 Å². The lowest BCUT2D eigenvalue weighted by atomic mass is 10.1. The van der Waals surface area contributed by atoms with Crippen LogP contribution in [0.2, 0.25) is 0 Å². The van der Waals surface area contributed by atoms with Gasteiger partial charge in [0.15, 0.2) is 0 Å². The Bertz CT molecular complexity index is 515. The third kappa shape index (κ3) is 4.37. The Morgan fingerprint density at radius 1 is 1.05 bits per heavy atom. The van der Waals surface area contributed by atoms with E-state index >= 15 is 0 Å². The van der Waals surface area contributed by atoms with Crippen molar-refractivity contribution in [3.05, 3.63) is 58.8 Å². The van der Waals surface area contributed by atoms with Crippen LogP contribution in [0.5, 0.6) is 0 Å². The van der Waals surface area contributed by atoms with Crippen LogP contribution in [0.4, 0.5) is 0 Å². The molecule has 2 nitrogen and oxygen atoms in total. The number of pyridine rings is 1. The zero-order valence-electron chi connectivity index (χ0n) is 11.5. The molecule has 100 valence electrons. The van der Waals surface area contributed by atoms with E-state index in [0.717, 1.165) is 17.2 Å². The molecule has 0 atom stereocenters. The maximum atomic E-state index is 5.53. The summed E-state index contributed by atoms with van der Waals surface area (Å²) in [5.74, 6) is 0.964. The molecule has 2 rings (SSSR count). The summed E-state index contributed by atoms with van der Waals surface area (Å²) < 4.78 is 0. The van der Waals surface area contributed by atoms with Gasteiger partial charge in [-0.15, -0.1) is 11.8 Å². The van der Waals surface area contributed by atoms with Crippen molar-refractivity contribution >= 4 is 11.8 Å². The summed E-state index contributed by atoms with van der Waals surface area (Å²) in [4.78, 5) is 4.46. The van der Waals surface area contributed by atoms with Crippen molar-refractivity contribution < 1.29 is 0 Å². The SMILES string of the molecule is Cc1cc(C)cc(CSc2ccc(CCN)cn2)c1. The van der Waals surface area contributed by atoms with Crippen LogP contribution in [-0.2, 0) is 12.2 Å². The Morgan fingerprint density at radius 2 is 1.79 bits per heavy atom. The first-order valence-electron chi connectivity index (χ1n) is 6.52. The van der Waals surface area contributed by atoms with Gasteiger partial charge in [-0.1, -0.05) is 35.4 Å². The largest absolute Gasteiger partial charge is 0.330 e. The van der Waals surface area contributed by atoms with Crippen molar-refractivity contribution in [3.8, 4) is 0 Å². The molecule has 0 aliphatic rings. The number of hydrogen-bond donors (Lipinski definition) is 1. The Labute approximate surface area is 119 Å². The summed E-state index contributed by atoms with van der Waals surface area (Å²) in [6.07, 6.45) is 2.83. The predicted molar refractivity (Wildman–Crippen MR) is 82.5 cm³/mol. The average Bonchev–Trinajstić information content (AvgIpc) is 2.37. The topological polar surface area (TPSA) is 38.9 Å². The maximum Gasteiger partial charge on any atom is 0.0963 e. The first-order valence-corrected chi connectivity index (χ1v) is 7.51. The van der Waals surface area contributed by atoms with Crippen LogP contribution >= 0.6 is 11.8 Å². The standard InChI is InChI=1S/C16H20N2S/c1-12-7-13(2)9-15(8-12)11-19-16-4-3-14(5-6-17)10-18-16/h3-4,7-10H,5-6,11,17H2,1-2H3. The Kier molecular flexibility index (Phi) is 5.00. The second-order valence-corrected chi connectivity index (χ2v) is 5.82. The Hall–Kier alpha value is -1.32. The third-order valence-electron chi connectivity index (χ3n) is 2.90. The number of benzene rings is 1. The van der Waals surface area contributed by atoms with E-state index in [9.17, 15) is 0 Å². The number of thioether (sulfide) groups is 1. The monoisotopic (exact) mass is 272 g/mol. The molecule has 3 heteroatoms. The molecular formula is C16H20N2S. The summed E-state index contributed by atoms with van der Waals surface area (Å²) in [6.45, 7) is 4.96. The van der Waals surface area contributed by atoms with Crippen molar-refractivity contribution in [2.75, 3.05) is 6.54 Å². The van der Waals surface area contributed by atoms with Gasteiger partial charge in [-0.25, -0.2) is 4.98 Å². The highest BCUT2D eigenvalue weighted by molar-refractivity contribution is 7.98. The molecule has 0 saturated carbocycles. The van der Waals surface area contributed by atoms with E-state index in [1.807, 2.05) is 6.20 Å². The second kappa shape index (κ2) is 6.73. The lowest BCUT2D eigenvalue weighted by molar-refractivity contribution is 0.945. The minimum atomic E-state index is 0.677. The molecule has 1 aromatic heterocycles. The van der Waals surface area contributed by atoms with Crippen LogP contribution in [0.3, 0.4) is 0 Å². The summed E-state index contributed by atoms with van der Waals surface area (Å²) in [5.41, 5.74) is 10.7. The van der Waals surface area contributed by atoms with Crippen LogP contribution in [0, 0.1) is 13.8 Å². The van der Waals surface area contributed by atoms with Crippen LogP contribution in [0.1, 0.15) is 22.3 Å². The maximum absolute atomic E-state index is 5.53. The Morgan fingerprint density at radius 3 is 2.37 bits per heavy atom. The number of aromatic nitrogens is 1. The molecule has 1 aromatic carbocycles. The highest BCUT2D eigenvalue weighted by atomic mass is 32.2. The van der Waals surface area contributed by atoms with E-state index < -0.39 is 0 Å². The zero-order valence-corrected chi connectivity index (χ0v) is 12.3. The summed E-state index contributed by atoms with van der Waals surface area (Å²) >= 11 is 1.78. The second-order valence-electron chi connectivity index (χ2n) is 4.83. The van der Waals surface area contributed by atoms with Gasteiger partial charge in [-0.2, -0.15) is 0 Å². The quantitative estimate of drug-likeness (QED) is 0.847. The molecule has 2 aromatic rings. The molecule has 0 aliphatic heterocycles. The average molecular weight is 272 g/mol. The molecule has 2 N–H and O–H groups in total. The lowest BCUT2D eigenvalue weighted by Gasteiger charge is -2.05. The normalized spacial score (nSPS) is 10.7. The predicted octanol–water partition coefficient (Wildman–Crippen LogP) is 3.49. The highest BCUT2D eigenvalue weighted by Crippen LogP contribution is 2.22. The van der Waals surface area contributed by atoms with Crippen molar-refractivity contribution in [1.82, 2.24) is 4.98 Å².